The minimum atomic E-state index is -0.666. The molecule has 0 spiro atoms. The van der Waals surface area contributed by atoms with E-state index in [1.807, 2.05) is 54.6 Å². The molecule has 148 valence electrons. The third-order valence-electron chi connectivity index (χ3n) is 4.02. The Balaban J connectivity index is 1.71. The first-order chi connectivity index (χ1) is 13.5. The molecule has 0 aliphatic rings. The minimum Gasteiger partial charge on any atom is -0.496 e. The Morgan fingerprint density at radius 1 is 1.00 bits per heavy atom. The van der Waals surface area contributed by atoms with E-state index in [0.29, 0.717) is 12.3 Å². The van der Waals surface area contributed by atoms with Crippen LogP contribution in [0.3, 0.4) is 0 Å². The molecule has 1 N–H and O–H groups in total. The van der Waals surface area contributed by atoms with Crippen molar-refractivity contribution in [3.63, 3.8) is 0 Å². The molecule has 0 saturated carbocycles. The Morgan fingerprint density at radius 2 is 1.68 bits per heavy atom. The summed E-state index contributed by atoms with van der Waals surface area (Å²) in [6, 6.07) is 16.6. The van der Waals surface area contributed by atoms with E-state index in [0.717, 1.165) is 11.1 Å². The van der Waals surface area contributed by atoms with Crippen molar-refractivity contribution >= 4 is 17.8 Å². The smallest absolute Gasteiger partial charge is 0.325 e. The van der Waals surface area contributed by atoms with Gasteiger partial charge in [0.15, 0.2) is 6.61 Å². The maximum atomic E-state index is 12.2. The number of esters is 1. The van der Waals surface area contributed by atoms with E-state index in [1.54, 1.807) is 14.2 Å². The van der Waals surface area contributed by atoms with Gasteiger partial charge in [0, 0.05) is 19.2 Å². The average molecular weight is 384 g/mol. The van der Waals surface area contributed by atoms with Crippen LogP contribution >= 0.6 is 0 Å². The van der Waals surface area contributed by atoms with Gasteiger partial charge in [-0.15, -0.1) is 0 Å². The molecule has 0 bridgehead atoms. The molecule has 0 aromatic heterocycles. The summed E-state index contributed by atoms with van der Waals surface area (Å²) in [4.78, 5) is 37.2. The molecule has 2 amide bonds. The number of hydrogen-bond acceptors (Lipinski definition) is 5. The molecule has 0 saturated heterocycles. The van der Waals surface area contributed by atoms with Gasteiger partial charge in [0.25, 0.3) is 5.91 Å². The second kappa shape index (κ2) is 10.7. The third kappa shape index (κ3) is 6.75. The third-order valence-corrected chi connectivity index (χ3v) is 4.02. The van der Waals surface area contributed by atoms with E-state index in [9.17, 15) is 14.4 Å². The predicted molar refractivity (Wildman–Crippen MR) is 104 cm³/mol. The molecule has 0 aliphatic carbocycles. The number of rotatable bonds is 9. The van der Waals surface area contributed by atoms with Crippen molar-refractivity contribution in [1.29, 1.82) is 0 Å². The lowest BCUT2D eigenvalue weighted by Crippen LogP contribution is -2.35. The van der Waals surface area contributed by atoms with Crippen molar-refractivity contribution in [3.05, 3.63) is 65.7 Å². The second-order valence-electron chi connectivity index (χ2n) is 6.16. The Labute approximate surface area is 164 Å². The summed E-state index contributed by atoms with van der Waals surface area (Å²) < 4.78 is 10.2. The molecular formula is C21H24N2O5. The maximum Gasteiger partial charge on any atom is 0.325 e. The Hall–Kier alpha value is -3.35. The number of ether oxygens (including phenoxy) is 2. The van der Waals surface area contributed by atoms with Gasteiger partial charge in [-0.3, -0.25) is 14.4 Å². The molecule has 0 unspecified atom stereocenters. The fourth-order valence-electron chi connectivity index (χ4n) is 2.50. The maximum absolute atomic E-state index is 12.2. The van der Waals surface area contributed by atoms with Crippen LogP contribution in [0.5, 0.6) is 5.75 Å². The molecule has 0 fully saturated rings. The molecule has 2 aromatic rings. The van der Waals surface area contributed by atoms with Gasteiger partial charge in [0.1, 0.15) is 12.3 Å². The number of carbonyl (C=O) groups excluding carboxylic acids is 3. The molecule has 0 heterocycles. The van der Waals surface area contributed by atoms with Crippen LogP contribution in [0.4, 0.5) is 0 Å². The van der Waals surface area contributed by atoms with Gasteiger partial charge in [-0.25, -0.2) is 0 Å². The van der Waals surface area contributed by atoms with Gasteiger partial charge in [0.2, 0.25) is 5.91 Å². The van der Waals surface area contributed by atoms with Crippen molar-refractivity contribution in [2.24, 2.45) is 0 Å². The standard InChI is InChI=1S/C21H24N2O5/c1-23(14-17-10-6-7-11-18(17)27-2)20(25)15-28-21(26)13-22-19(24)12-16-8-4-3-5-9-16/h3-11H,12-15H2,1-2H3,(H,22,24). The van der Waals surface area contributed by atoms with E-state index in [4.69, 9.17) is 9.47 Å². The van der Waals surface area contributed by atoms with E-state index in [-0.39, 0.29) is 31.4 Å². The summed E-state index contributed by atoms with van der Waals surface area (Å²) in [5.74, 6) is -0.627. The Kier molecular flexibility index (Phi) is 8.02. The molecule has 0 aliphatic heterocycles. The quantitative estimate of drug-likeness (QED) is 0.663. The molecule has 2 aromatic carbocycles. The Morgan fingerprint density at radius 3 is 2.39 bits per heavy atom. The van der Waals surface area contributed by atoms with Crippen LogP contribution in [0.2, 0.25) is 0 Å². The molecule has 7 nitrogen and oxygen atoms in total. The zero-order chi connectivity index (χ0) is 20.4. The van der Waals surface area contributed by atoms with Crippen molar-refractivity contribution in [1.82, 2.24) is 10.2 Å². The highest BCUT2D eigenvalue weighted by atomic mass is 16.5. The van der Waals surface area contributed by atoms with Gasteiger partial charge in [-0.1, -0.05) is 48.5 Å². The highest BCUT2D eigenvalue weighted by Gasteiger charge is 2.15. The highest BCUT2D eigenvalue weighted by molar-refractivity contribution is 5.85. The molecule has 0 radical (unpaired) electrons. The normalized spacial score (nSPS) is 10.1. The number of hydrogen-bond donors (Lipinski definition) is 1. The molecule has 0 atom stereocenters. The zero-order valence-electron chi connectivity index (χ0n) is 16.0. The van der Waals surface area contributed by atoms with Gasteiger partial charge in [-0.05, 0) is 11.6 Å². The number of methoxy groups -OCH3 is 1. The number of nitrogens with zero attached hydrogens (tertiary/aromatic N) is 1. The van der Waals surface area contributed by atoms with E-state index >= 15 is 0 Å². The first kappa shape index (κ1) is 21.0. The molecule has 7 heteroatoms. The topological polar surface area (TPSA) is 84.9 Å². The van der Waals surface area contributed by atoms with Gasteiger partial charge in [-0.2, -0.15) is 0 Å². The number of carbonyl (C=O) groups is 3. The Bertz CT molecular complexity index is 807. The van der Waals surface area contributed by atoms with Crippen molar-refractivity contribution < 1.29 is 23.9 Å². The van der Waals surface area contributed by atoms with Crippen molar-refractivity contribution in [2.45, 2.75) is 13.0 Å². The number of amides is 2. The fraction of sp³-hybridized carbons (Fsp3) is 0.286. The van der Waals surface area contributed by atoms with Crippen LogP contribution in [-0.2, 0) is 32.1 Å². The van der Waals surface area contributed by atoms with Crippen LogP contribution in [-0.4, -0.2) is 50.0 Å². The van der Waals surface area contributed by atoms with Crippen LogP contribution in [0.1, 0.15) is 11.1 Å². The summed E-state index contributed by atoms with van der Waals surface area (Å²) >= 11 is 0. The van der Waals surface area contributed by atoms with Crippen LogP contribution in [0.25, 0.3) is 0 Å². The molecule has 2 rings (SSSR count). The predicted octanol–water partition coefficient (Wildman–Crippen LogP) is 1.56. The largest absolute Gasteiger partial charge is 0.496 e. The number of benzene rings is 2. The van der Waals surface area contributed by atoms with Gasteiger partial charge >= 0.3 is 5.97 Å². The fourth-order valence-corrected chi connectivity index (χ4v) is 2.50. The van der Waals surface area contributed by atoms with Crippen molar-refractivity contribution in [2.75, 3.05) is 27.3 Å². The van der Waals surface area contributed by atoms with E-state index in [1.165, 1.54) is 4.90 Å². The number of para-hydroxylation sites is 1. The number of likely N-dealkylation sites (N-methyl/N-ethyl adjacent to an activating group) is 1. The first-order valence-corrected chi connectivity index (χ1v) is 8.81. The molecular weight excluding hydrogens is 360 g/mol. The summed E-state index contributed by atoms with van der Waals surface area (Å²) in [6.45, 7) is -0.345. The van der Waals surface area contributed by atoms with E-state index < -0.39 is 5.97 Å². The molecule has 28 heavy (non-hydrogen) atoms. The summed E-state index contributed by atoms with van der Waals surface area (Å²) in [6.07, 6.45) is 0.175. The van der Waals surface area contributed by atoms with Crippen LogP contribution in [0, 0.1) is 0 Å². The summed E-state index contributed by atoms with van der Waals surface area (Å²) in [5.41, 5.74) is 1.70. The van der Waals surface area contributed by atoms with Gasteiger partial charge in [0.05, 0.1) is 13.5 Å². The first-order valence-electron chi connectivity index (χ1n) is 8.81. The second-order valence-corrected chi connectivity index (χ2v) is 6.16. The monoisotopic (exact) mass is 384 g/mol. The number of nitrogens with one attached hydrogen (secondary N) is 1. The van der Waals surface area contributed by atoms with Gasteiger partial charge < -0.3 is 19.7 Å². The van der Waals surface area contributed by atoms with Crippen molar-refractivity contribution in [3.8, 4) is 5.75 Å². The zero-order valence-corrected chi connectivity index (χ0v) is 16.0. The minimum absolute atomic E-state index is 0.175. The van der Waals surface area contributed by atoms with Crippen LogP contribution in [0.15, 0.2) is 54.6 Å². The summed E-state index contributed by atoms with van der Waals surface area (Å²) in [5, 5.41) is 2.48. The van der Waals surface area contributed by atoms with E-state index in [2.05, 4.69) is 5.32 Å². The summed E-state index contributed by atoms with van der Waals surface area (Å²) in [7, 11) is 3.18. The highest BCUT2D eigenvalue weighted by Crippen LogP contribution is 2.18. The lowest BCUT2D eigenvalue weighted by molar-refractivity contribution is -0.151. The lowest BCUT2D eigenvalue weighted by Gasteiger charge is -2.18. The van der Waals surface area contributed by atoms with Crippen LogP contribution < -0.4 is 10.1 Å². The lowest BCUT2D eigenvalue weighted by atomic mass is 10.1. The SMILES string of the molecule is COc1ccccc1CN(C)C(=O)COC(=O)CNC(=O)Cc1ccccc1. The average Bonchev–Trinajstić information content (AvgIpc) is 2.71.